The van der Waals surface area contributed by atoms with E-state index in [-0.39, 0.29) is 6.61 Å². The van der Waals surface area contributed by atoms with Crippen LogP contribution < -0.4 is 10.1 Å². The molecule has 0 aliphatic rings. The standard InChI is InChI=1S/C14H23NO2/c1-12(2)13-6-3-4-7-14(13)17-11-5-8-15-9-10-16/h3-4,6-7,12,15-16H,5,8-11H2,1-2H3. The number of aliphatic hydroxyl groups excluding tert-OH is 1. The van der Waals surface area contributed by atoms with Gasteiger partial charge in [0.15, 0.2) is 0 Å². The average Bonchev–Trinajstić information content (AvgIpc) is 2.34. The summed E-state index contributed by atoms with van der Waals surface area (Å²) in [5, 5.41) is 11.7. The zero-order chi connectivity index (χ0) is 12.5. The topological polar surface area (TPSA) is 41.5 Å². The molecule has 0 spiro atoms. The summed E-state index contributed by atoms with van der Waals surface area (Å²) in [5.41, 5.74) is 1.26. The first-order valence-corrected chi connectivity index (χ1v) is 6.29. The van der Waals surface area contributed by atoms with Crippen LogP contribution in [0.4, 0.5) is 0 Å². The molecule has 0 unspecified atom stereocenters. The maximum absolute atomic E-state index is 8.60. The molecule has 0 atom stereocenters. The van der Waals surface area contributed by atoms with Gasteiger partial charge in [-0.15, -0.1) is 0 Å². The molecular weight excluding hydrogens is 214 g/mol. The van der Waals surface area contributed by atoms with Crippen molar-refractivity contribution in [3.05, 3.63) is 29.8 Å². The Kier molecular flexibility index (Phi) is 6.67. The highest BCUT2D eigenvalue weighted by atomic mass is 16.5. The smallest absolute Gasteiger partial charge is 0.122 e. The minimum absolute atomic E-state index is 0.192. The summed E-state index contributed by atoms with van der Waals surface area (Å²) in [7, 11) is 0. The second-order valence-electron chi connectivity index (χ2n) is 4.37. The highest BCUT2D eigenvalue weighted by Gasteiger charge is 2.05. The van der Waals surface area contributed by atoms with Gasteiger partial charge in [0.1, 0.15) is 5.75 Å². The number of aliphatic hydroxyl groups is 1. The normalized spacial score (nSPS) is 10.8. The van der Waals surface area contributed by atoms with Crippen molar-refractivity contribution in [2.45, 2.75) is 26.2 Å². The SMILES string of the molecule is CC(C)c1ccccc1OCCCNCCO. The van der Waals surface area contributed by atoms with Gasteiger partial charge in [0, 0.05) is 6.54 Å². The molecule has 96 valence electrons. The monoisotopic (exact) mass is 237 g/mol. The lowest BCUT2D eigenvalue weighted by Gasteiger charge is -2.13. The van der Waals surface area contributed by atoms with E-state index in [1.54, 1.807) is 0 Å². The van der Waals surface area contributed by atoms with Gasteiger partial charge >= 0.3 is 0 Å². The number of ether oxygens (including phenoxy) is 1. The molecule has 1 aromatic rings. The Hall–Kier alpha value is -1.06. The lowest BCUT2D eigenvalue weighted by molar-refractivity contribution is 0.281. The maximum Gasteiger partial charge on any atom is 0.122 e. The van der Waals surface area contributed by atoms with Gasteiger partial charge in [-0.05, 0) is 30.5 Å². The van der Waals surface area contributed by atoms with Crippen LogP contribution in [0.25, 0.3) is 0 Å². The predicted molar refractivity (Wildman–Crippen MR) is 70.6 cm³/mol. The molecule has 0 heterocycles. The molecular formula is C14H23NO2. The van der Waals surface area contributed by atoms with E-state index in [0.717, 1.165) is 18.7 Å². The molecule has 0 amide bonds. The lowest BCUT2D eigenvalue weighted by atomic mass is 10.0. The summed E-state index contributed by atoms with van der Waals surface area (Å²) in [5.74, 6) is 1.48. The summed E-state index contributed by atoms with van der Waals surface area (Å²) in [6.45, 7) is 6.78. The third kappa shape index (κ3) is 5.20. The van der Waals surface area contributed by atoms with E-state index in [9.17, 15) is 0 Å². The van der Waals surface area contributed by atoms with Crippen LogP contribution in [0.2, 0.25) is 0 Å². The molecule has 0 fully saturated rings. The van der Waals surface area contributed by atoms with Crippen molar-refractivity contribution in [2.75, 3.05) is 26.3 Å². The van der Waals surface area contributed by atoms with Gasteiger partial charge in [-0.2, -0.15) is 0 Å². The molecule has 3 nitrogen and oxygen atoms in total. The molecule has 0 bridgehead atoms. The van der Waals surface area contributed by atoms with E-state index in [2.05, 4.69) is 25.2 Å². The van der Waals surface area contributed by atoms with Gasteiger partial charge in [0.05, 0.1) is 13.2 Å². The minimum atomic E-state index is 0.192. The molecule has 1 rings (SSSR count). The lowest BCUT2D eigenvalue weighted by Crippen LogP contribution is -2.21. The maximum atomic E-state index is 8.60. The van der Waals surface area contributed by atoms with Crippen molar-refractivity contribution in [1.82, 2.24) is 5.32 Å². The fourth-order valence-corrected chi connectivity index (χ4v) is 1.67. The minimum Gasteiger partial charge on any atom is -0.493 e. The van der Waals surface area contributed by atoms with Crippen molar-refractivity contribution >= 4 is 0 Å². The predicted octanol–water partition coefficient (Wildman–Crippen LogP) is 2.16. The highest BCUT2D eigenvalue weighted by Crippen LogP contribution is 2.25. The van der Waals surface area contributed by atoms with Crippen LogP contribution in [-0.4, -0.2) is 31.4 Å². The zero-order valence-corrected chi connectivity index (χ0v) is 10.8. The van der Waals surface area contributed by atoms with E-state index >= 15 is 0 Å². The average molecular weight is 237 g/mol. The van der Waals surface area contributed by atoms with E-state index in [1.807, 2.05) is 18.2 Å². The molecule has 0 aliphatic heterocycles. The Morgan fingerprint density at radius 1 is 1.24 bits per heavy atom. The number of para-hydroxylation sites is 1. The van der Waals surface area contributed by atoms with Gasteiger partial charge in [-0.25, -0.2) is 0 Å². The highest BCUT2D eigenvalue weighted by molar-refractivity contribution is 5.35. The number of hydrogen-bond donors (Lipinski definition) is 2. The summed E-state index contributed by atoms with van der Waals surface area (Å²) < 4.78 is 5.78. The summed E-state index contributed by atoms with van der Waals surface area (Å²) >= 11 is 0. The van der Waals surface area contributed by atoms with Gasteiger partial charge in [0.2, 0.25) is 0 Å². The Labute approximate surface area is 104 Å². The van der Waals surface area contributed by atoms with E-state index in [1.165, 1.54) is 5.56 Å². The van der Waals surface area contributed by atoms with Gasteiger partial charge in [-0.1, -0.05) is 32.0 Å². The summed E-state index contributed by atoms with van der Waals surface area (Å²) in [4.78, 5) is 0. The second-order valence-corrected chi connectivity index (χ2v) is 4.37. The molecule has 0 saturated heterocycles. The Morgan fingerprint density at radius 3 is 2.71 bits per heavy atom. The van der Waals surface area contributed by atoms with Crippen LogP contribution in [0.5, 0.6) is 5.75 Å². The molecule has 2 N–H and O–H groups in total. The van der Waals surface area contributed by atoms with Gasteiger partial charge in [-0.3, -0.25) is 0 Å². The van der Waals surface area contributed by atoms with E-state index < -0.39 is 0 Å². The largest absolute Gasteiger partial charge is 0.493 e. The Bertz CT molecular complexity index is 313. The fourth-order valence-electron chi connectivity index (χ4n) is 1.67. The molecule has 0 aliphatic carbocycles. The van der Waals surface area contributed by atoms with Gasteiger partial charge in [0.25, 0.3) is 0 Å². The van der Waals surface area contributed by atoms with Crippen molar-refractivity contribution in [1.29, 1.82) is 0 Å². The number of hydrogen-bond acceptors (Lipinski definition) is 3. The van der Waals surface area contributed by atoms with Crippen LogP contribution in [0.15, 0.2) is 24.3 Å². The van der Waals surface area contributed by atoms with Crippen molar-refractivity contribution in [3.63, 3.8) is 0 Å². The van der Waals surface area contributed by atoms with Crippen LogP contribution in [0.3, 0.4) is 0 Å². The van der Waals surface area contributed by atoms with Crippen molar-refractivity contribution in [3.8, 4) is 5.75 Å². The van der Waals surface area contributed by atoms with Crippen LogP contribution in [-0.2, 0) is 0 Å². The third-order valence-corrected chi connectivity index (χ3v) is 2.59. The summed E-state index contributed by atoms with van der Waals surface area (Å²) in [6.07, 6.45) is 0.951. The molecule has 1 aromatic carbocycles. The van der Waals surface area contributed by atoms with Crippen LogP contribution in [0.1, 0.15) is 31.7 Å². The fraction of sp³-hybridized carbons (Fsp3) is 0.571. The van der Waals surface area contributed by atoms with Crippen LogP contribution in [0, 0.1) is 0 Å². The molecule has 3 heteroatoms. The molecule has 0 aromatic heterocycles. The van der Waals surface area contributed by atoms with Crippen molar-refractivity contribution < 1.29 is 9.84 Å². The second kappa shape index (κ2) is 8.09. The van der Waals surface area contributed by atoms with E-state index in [0.29, 0.717) is 19.1 Å². The zero-order valence-electron chi connectivity index (χ0n) is 10.8. The first-order valence-electron chi connectivity index (χ1n) is 6.29. The summed E-state index contributed by atoms with van der Waals surface area (Å²) in [6, 6.07) is 8.19. The molecule has 0 radical (unpaired) electrons. The number of rotatable bonds is 8. The molecule has 0 saturated carbocycles. The Morgan fingerprint density at radius 2 is 2.00 bits per heavy atom. The molecule has 17 heavy (non-hydrogen) atoms. The first kappa shape index (κ1) is 14.0. The Balaban J connectivity index is 2.31. The van der Waals surface area contributed by atoms with Gasteiger partial charge < -0.3 is 15.2 Å². The number of nitrogens with one attached hydrogen (secondary N) is 1. The quantitative estimate of drug-likeness (QED) is 0.681. The van der Waals surface area contributed by atoms with E-state index in [4.69, 9.17) is 9.84 Å². The van der Waals surface area contributed by atoms with Crippen LogP contribution >= 0.6 is 0 Å². The number of benzene rings is 1. The van der Waals surface area contributed by atoms with Crippen molar-refractivity contribution in [2.24, 2.45) is 0 Å². The third-order valence-electron chi connectivity index (χ3n) is 2.59. The first-order chi connectivity index (χ1) is 8.25.